The molecule has 4 N–H and O–H groups in total. The van der Waals surface area contributed by atoms with Gasteiger partial charge < -0.3 is 40.2 Å². The average Bonchev–Trinajstić information content (AvgIpc) is 3.84. The number of likely N-dealkylation sites (N-methyl/N-ethyl adjacent to an activating group) is 1. The van der Waals surface area contributed by atoms with Gasteiger partial charge in [-0.3, -0.25) is 28.8 Å². The summed E-state index contributed by atoms with van der Waals surface area (Å²) in [5.74, 6) is -2.68. The molecule has 0 fully saturated rings. The van der Waals surface area contributed by atoms with Gasteiger partial charge in [-0.05, 0) is 56.9 Å². The van der Waals surface area contributed by atoms with Crippen LogP contribution in [0.4, 0.5) is 0 Å². The molecule has 16 heteroatoms. The molecule has 302 valence electrons. The van der Waals surface area contributed by atoms with Crippen LogP contribution in [0.3, 0.4) is 0 Å². The van der Waals surface area contributed by atoms with Crippen molar-refractivity contribution in [2.24, 2.45) is 5.92 Å². The van der Waals surface area contributed by atoms with E-state index in [0.717, 1.165) is 16.9 Å². The van der Waals surface area contributed by atoms with Gasteiger partial charge in [0.2, 0.25) is 23.6 Å². The molecule has 6 amide bonds. The molecule has 1 aliphatic rings. The number of aromatic nitrogens is 1. The fraction of sp³-hybridized carbons (Fsp3) is 0.390. The van der Waals surface area contributed by atoms with Crippen molar-refractivity contribution < 1.29 is 37.9 Å². The van der Waals surface area contributed by atoms with Crippen LogP contribution in [0.2, 0.25) is 0 Å². The second kappa shape index (κ2) is 19.2. The lowest BCUT2D eigenvalue weighted by molar-refractivity contribution is -0.136. The normalized spacial score (nSPS) is 20.6. The summed E-state index contributed by atoms with van der Waals surface area (Å²) in [5, 5.41) is 13.0. The summed E-state index contributed by atoms with van der Waals surface area (Å²) in [7, 11) is 1.53. The molecule has 5 rings (SSSR count). The number of aryl methyl sites for hydroxylation is 1. The van der Waals surface area contributed by atoms with Gasteiger partial charge in [0.25, 0.3) is 11.8 Å². The van der Waals surface area contributed by atoms with E-state index in [0.29, 0.717) is 28.5 Å². The van der Waals surface area contributed by atoms with Gasteiger partial charge >= 0.3 is 0 Å². The molecule has 2 aromatic carbocycles. The summed E-state index contributed by atoms with van der Waals surface area (Å²) in [6.07, 6.45) is 0.322. The predicted molar refractivity (Wildman–Crippen MR) is 212 cm³/mol. The Kier molecular flexibility index (Phi) is 14.2. The van der Waals surface area contributed by atoms with Crippen molar-refractivity contribution in [3.05, 3.63) is 105 Å². The number of para-hydroxylation sites is 1. The van der Waals surface area contributed by atoms with Crippen LogP contribution in [-0.4, -0.2) is 95.0 Å². The van der Waals surface area contributed by atoms with E-state index >= 15 is 0 Å². The maximum absolute atomic E-state index is 14.2. The van der Waals surface area contributed by atoms with Crippen molar-refractivity contribution in [1.82, 2.24) is 36.1 Å². The third-order valence-corrected chi connectivity index (χ3v) is 10.3. The fourth-order valence-electron chi connectivity index (χ4n) is 6.14. The Morgan fingerprint density at radius 3 is 2.28 bits per heavy atom. The van der Waals surface area contributed by atoms with E-state index in [1.165, 1.54) is 30.7 Å². The first-order valence-corrected chi connectivity index (χ1v) is 19.6. The second-order valence-electron chi connectivity index (χ2n) is 14.3. The van der Waals surface area contributed by atoms with Gasteiger partial charge in [0.1, 0.15) is 53.5 Å². The molecule has 0 radical (unpaired) electrons. The molecule has 0 saturated carbocycles. The van der Waals surface area contributed by atoms with Crippen molar-refractivity contribution in [2.45, 2.75) is 71.8 Å². The number of thiazole rings is 1. The van der Waals surface area contributed by atoms with Gasteiger partial charge in [0.05, 0.1) is 6.04 Å². The van der Waals surface area contributed by atoms with Crippen LogP contribution < -0.4 is 26.0 Å². The van der Waals surface area contributed by atoms with E-state index < -0.39 is 66.2 Å². The summed E-state index contributed by atoms with van der Waals surface area (Å²) < 4.78 is 11.8. The van der Waals surface area contributed by atoms with E-state index in [2.05, 4.69) is 26.3 Å². The zero-order chi connectivity index (χ0) is 41.2. The van der Waals surface area contributed by atoms with Crippen LogP contribution in [0.5, 0.6) is 5.75 Å². The zero-order valence-electron chi connectivity index (χ0n) is 32.9. The second-order valence-corrected chi connectivity index (χ2v) is 15.2. The number of furan rings is 1. The Labute approximate surface area is 335 Å². The third-order valence-electron chi connectivity index (χ3n) is 9.38. The quantitative estimate of drug-likeness (QED) is 0.217. The van der Waals surface area contributed by atoms with Gasteiger partial charge in [-0.1, -0.05) is 62.4 Å². The number of hydrogen-bond donors (Lipinski definition) is 4. The van der Waals surface area contributed by atoms with Crippen LogP contribution in [0.15, 0.2) is 76.5 Å². The van der Waals surface area contributed by atoms with Crippen molar-refractivity contribution >= 4 is 46.8 Å². The molecule has 1 aliphatic heterocycles. The first kappa shape index (κ1) is 42.1. The number of amides is 6. The van der Waals surface area contributed by atoms with E-state index in [-0.39, 0.29) is 37.1 Å². The molecule has 2 bridgehead atoms. The first-order chi connectivity index (χ1) is 27.2. The number of rotatable bonds is 7. The van der Waals surface area contributed by atoms with Crippen molar-refractivity contribution in [2.75, 3.05) is 26.7 Å². The smallest absolute Gasteiger partial charge is 0.290 e. The number of hydrogen-bond acceptors (Lipinski definition) is 10. The molecule has 4 atom stereocenters. The summed E-state index contributed by atoms with van der Waals surface area (Å²) in [6.45, 7) is 7.81. The lowest BCUT2D eigenvalue weighted by Crippen LogP contribution is -2.57. The van der Waals surface area contributed by atoms with Gasteiger partial charge in [-0.25, -0.2) is 4.98 Å². The van der Waals surface area contributed by atoms with E-state index in [1.807, 2.05) is 48.5 Å². The minimum Gasteiger partial charge on any atom is -0.486 e. The number of benzene rings is 2. The van der Waals surface area contributed by atoms with Gasteiger partial charge in [0.15, 0.2) is 5.76 Å². The van der Waals surface area contributed by atoms with Crippen LogP contribution in [0, 0.1) is 12.8 Å². The summed E-state index contributed by atoms with van der Waals surface area (Å²) in [5.41, 5.74) is 1.46. The SMILES string of the molecule is Cc1cc(COc2ccccc2)oc1C(=O)N1CCN(C)C(=O)[C@@H](C)NC(=O)[C@H](C(C)C)NC(=O)[C@H](C)NC(=O)c2csc(n2)[C@H](Cc2ccccc2)NC(=O)C1. The van der Waals surface area contributed by atoms with E-state index in [9.17, 15) is 28.8 Å². The van der Waals surface area contributed by atoms with Gasteiger partial charge in [0, 0.05) is 31.1 Å². The number of carbonyl (C=O) groups excluding carboxylic acids is 6. The Balaban J connectivity index is 1.46. The van der Waals surface area contributed by atoms with Crippen LogP contribution in [-0.2, 0) is 32.2 Å². The summed E-state index contributed by atoms with van der Waals surface area (Å²) in [6, 6.07) is 16.5. The molecule has 4 aromatic rings. The Bertz CT molecular complexity index is 2050. The standard InChI is InChI=1S/C41H49N7O8S/c1-24(2)34-38(52)43-27(5)40(53)47(6)17-18-48(41(54)35-25(3)19-30(56-35)22-55-29-15-11-8-12-16-29)21-33(49)44-31(20-28-13-9-7-10-14-28)39-45-32(23-57-39)37(51)42-26(4)36(50)46-34/h7-16,19,23-24,26-27,31,34H,17-18,20-22H2,1-6H3,(H,42,51)(H,43,52)(H,44,49)(H,46,50)/t26-,27+,31-,34-/m0/s1. The van der Waals surface area contributed by atoms with Crippen LogP contribution in [0.25, 0.3) is 0 Å². The number of ether oxygens (including phenoxy) is 1. The first-order valence-electron chi connectivity index (χ1n) is 18.7. The molecule has 2 aromatic heterocycles. The lowest BCUT2D eigenvalue weighted by atomic mass is 10.0. The molecule has 0 spiro atoms. The molecule has 15 nitrogen and oxygen atoms in total. The van der Waals surface area contributed by atoms with Gasteiger partial charge in [-0.15, -0.1) is 11.3 Å². The van der Waals surface area contributed by atoms with Gasteiger partial charge in [-0.2, -0.15) is 0 Å². The number of carbonyl (C=O) groups is 6. The Morgan fingerprint density at radius 1 is 0.912 bits per heavy atom. The molecule has 3 heterocycles. The fourth-order valence-corrected chi connectivity index (χ4v) is 6.99. The molecule has 57 heavy (non-hydrogen) atoms. The number of nitrogens with one attached hydrogen (secondary N) is 4. The minimum atomic E-state index is -1.04. The molecule has 0 unspecified atom stereocenters. The summed E-state index contributed by atoms with van der Waals surface area (Å²) >= 11 is 1.16. The van der Waals surface area contributed by atoms with E-state index in [4.69, 9.17) is 9.15 Å². The van der Waals surface area contributed by atoms with E-state index in [1.54, 1.807) is 44.4 Å². The zero-order valence-corrected chi connectivity index (χ0v) is 33.7. The Morgan fingerprint density at radius 2 is 1.60 bits per heavy atom. The lowest BCUT2D eigenvalue weighted by Gasteiger charge is -2.29. The summed E-state index contributed by atoms with van der Waals surface area (Å²) in [4.78, 5) is 88.8. The maximum Gasteiger partial charge on any atom is 0.290 e. The van der Waals surface area contributed by atoms with Crippen LogP contribution >= 0.6 is 11.3 Å². The highest BCUT2D eigenvalue weighted by Gasteiger charge is 2.32. The highest BCUT2D eigenvalue weighted by atomic mass is 32.1. The van der Waals surface area contributed by atoms with Crippen LogP contribution in [0.1, 0.15) is 76.7 Å². The molecular weight excluding hydrogens is 751 g/mol. The molecule has 0 aliphatic carbocycles. The third kappa shape index (κ3) is 11.3. The molecule has 0 saturated heterocycles. The van der Waals surface area contributed by atoms with Crippen molar-refractivity contribution in [3.8, 4) is 5.75 Å². The highest BCUT2D eigenvalue weighted by molar-refractivity contribution is 7.09. The monoisotopic (exact) mass is 799 g/mol. The topological polar surface area (TPSA) is 192 Å². The number of fused-ring (bicyclic) bond motifs is 2. The maximum atomic E-state index is 14.2. The predicted octanol–water partition coefficient (Wildman–Crippen LogP) is 3.40. The molecular formula is C41H49N7O8S. The van der Waals surface area contributed by atoms with Crippen molar-refractivity contribution in [1.29, 1.82) is 0 Å². The van der Waals surface area contributed by atoms with Crippen molar-refractivity contribution in [3.63, 3.8) is 0 Å². The average molecular weight is 800 g/mol. The highest BCUT2D eigenvalue weighted by Crippen LogP contribution is 2.24. The largest absolute Gasteiger partial charge is 0.486 e. The minimum absolute atomic E-state index is 0.000715. The Hall–Kier alpha value is -6.03. The number of nitrogens with zero attached hydrogens (tertiary/aromatic N) is 3.